The van der Waals surface area contributed by atoms with Crippen molar-refractivity contribution in [2.45, 2.75) is 25.3 Å². The lowest BCUT2D eigenvalue weighted by atomic mass is 10.2. The number of amides is 1. The topological polar surface area (TPSA) is 49.6 Å². The number of rotatable bonds is 7. The minimum atomic E-state index is -0.921. The van der Waals surface area contributed by atoms with Crippen LogP contribution < -0.4 is 0 Å². The van der Waals surface area contributed by atoms with Gasteiger partial charge in [-0.3, -0.25) is 4.79 Å². The van der Waals surface area contributed by atoms with Crippen LogP contribution in [0.2, 0.25) is 0 Å². The molecule has 1 heterocycles. The summed E-state index contributed by atoms with van der Waals surface area (Å²) in [4.78, 5) is 16.3. The van der Waals surface area contributed by atoms with Crippen LogP contribution in [-0.4, -0.2) is 48.0 Å². The summed E-state index contributed by atoms with van der Waals surface area (Å²) < 4.78 is 31.8. The summed E-state index contributed by atoms with van der Waals surface area (Å²) in [6.45, 7) is 1.26. The average molecular weight is 349 g/mol. The maximum Gasteiger partial charge on any atom is 0.276 e. The summed E-state index contributed by atoms with van der Waals surface area (Å²) in [6, 6.07) is 5.35. The molecule has 0 N–H and O–H groups in total. The zero-order valence-electron chi connectivity index (χ0n) is 14.3. The third-order valence-corrected chi connectivity index (χ3v) is 4.19. The van der Waals surface area contributed by atoms with E-state index in [9.17, 15) is 13.6 Å². The molecule has 1 aliphatic carbocycles. The Hall–Kier alpha value is -2.28. The van der Waals surface area contributed by atoms with Crippen LogP contribution >= 0.6 is 0 Å². The molecule has 3 rings (SSSR count). The van der Waals surface area contributed by atoms with E-state index < -0.39 is 11.6 Å². The molecule has 0 saturated heterocycles. The van der Waals surface area contributed by atoms with Crippen molar-refractivity contribution in [3.63, 3.8) is 0 Å². The average Bonchev–Trinajstić information content (AvgIpc) is 3.31. The molecule has 1 aromatic carbocycles. The monoisotopic (exact) mass is 349 g/mol. The molecule has 0 atom stereocenters. The Morgan fingerprint density at radius 3 is 2.60 bits per heavy atom. The van der Waals surface area contributed by atoms with Crippen molar-refractivity contribution in [2.24, 2.45) is 0 Å². The molecule has 1 aromatic heterocycles. The van der Waals surface area contributed by atoms with Crippen molar-refractivity contribution in [3.8, 4) is 0 Å². The molecular weight excluding hydrogens is 328 g/mol. The fraction of sp³-hybridized carbons (Fsp3) is 0.444. The first-order chi connectivity index (χ1) is 11.9. The SMILES string of the molecule is CN(C)CCN(Cc1ccc(F)c(F)c1)C(=O)c1cc(C2CC2)on1. The largest absolute Gasteiger partial charge is 0.360 e. The minimum Gasteiger partial charge on any atom is -0.360 e. The Morgan fingerprint density at radius 2 is 1.96 bits per heavy atom. The Bertz CT molecular complexity index is 757. The van der Waals surface area contributed by atoms with E-state index in [0.717, 1.165) is 30.7 Å². The van der Waals surface area contributed by atoms with Gasteiger partial charge in [-0.2, -0.15) is 0 Å². The molecule has 1 amide bonds. The third-order valence-electron chi connectivity index (χ3n) is 4.19. The van der Waals surface area contributed by atoms with Gasteiger partial charge < -0.3 is 14.3 Å². The van der Waals surface area contributed by atoms with Gasteiger partial charge in [0, 0.05) is 31.6 Å². The summed E-state index contributed by atoms with van der Waals surface area (Å²) >= 11 is 0. The van der Waals surface area contributed by atoms with Crippen LogP contribution in [0.25, 0.3) is 0 Å². The van der Waals surface area contributed by atoms with Crippen LogP contribution in [0.4, 0.5) is 8.78 Å². The van der Waals surface area contributed by atoms with Crippen LogP contribution in [0.5, 0.6) is 0 Å². The van der Waals surface area contributed by atoms with Gasteiger partial charge >= 0.3 is 0 Å². The van der Waals surface area contributed by atoms with Crippen LogP contribution in [-0.2, 0) is 6.54 Å². The zero-order chi connectivity index (χ0) is 18.0. The quantitative estimate of drug-likeness (QED) is 0.771. The second kappa shape index (κ2) is 7.31. The first-order valence-corrected chi connectivity index (χ1v) is 8.28. The lowest BCUT2D eigenvalue weighted by Gasteiger charge is -2.23. The molecule has 25 heavy (non-hydrogen) atoms. The van der Waals surface area contributed by atoms with Crippen molar-refractivity contribution in [3.05, 3.63) is 52.9 Å². The highest BCUT2D eigenvalue weighted by Gasteiger charge is 2.30. The van der Waals surface area contributed by atoms with E-state index in [1.54, 1.807) is 11.0 Å². The van der Waals surface area contributed by atoms with E-state index in [-0.39, 0.29) is 18.1 Å². The zero-order valence-corrected chi connectivity index (χ0v) is 14.3. The number of likely N-dealkylation sites (N-methyl/N-ethyl adjacent to an activating group) is 1. The summed E-state index contributed by atoms with van der Waals surface area (Å²) in [5.41, 5.74) is 0.778. The summed E-state index contributed by atoms with van der Waals surface area (Å²) in [7, 11) is 3.81. The molecule has 1 fully saturated rings. The Morgan fingerprint density at radius 1 is 1.20 bits per heavy atom. The fourth-order valence-electron chi connectivity index (χ4n) is 2.54. The Balaban J connectivity index is 1.76. The molecule has 5 nitrogen and oxygen atoms in total. The molecule has 1 saturated carbocycles. The molecule has 0 radical (unpaired) electrons. The normalized spacial score (nSPS) is 14.1. The van der Waals surface area contributed by atoms with Gasteiger partial charge in [0.05, 0.1) is 0 Å². The van der Waals surface area contributed by atoms with Crippen molar-refractivity contribution >= 4 is 5.91 Å². The highest BCUT2D eigenvalue weighted by molar-refractivity contribution is 5.92. The number of hydrogen-bond donors (Lipinski definition) is 0. The first-order valence-electron chi connectivity index (χ1n) is 8.28. The van der Waals surface area contributed by atoms with Crippen molar-refractivity contribution < 1.29 is 18.1 Å². The van der Waals surface area contributed by atoms with E-state index >= 15 is 0 Å². The van der Waals surface area contributed by atoms with Crippen LogP contribution in [0.3, 0.4) is 0 Å². The number of halogens is 2. The second-order valence-electron chi connectivity index (χ2n) is 6.67. The van der Waals surface area contributed by atoms with Gasteiger partial charge in [-0.25, -0.2) is 8.78 Å². The predicted molar refractivity (Wildman–Crippen MR) is 88.1 cm³/mol. The van der Waals surface area contributed by atoms with Gasteiger partial charge in [0.25, 0.3) is 5.91 Å². The van der Waals surface area contributed by atoms with E-state index in [1.807, 2.05) is 19.0 Å². The van der Waals surface area contributed by atoms with Crippen molar-refractivity contribution in [1.82, 2.24) is 15.0 Å². The molecule has 0 spiro atoms. The predicted octanol–water partition coefficient (Wildman–Crippen LogP) is 3.03. The highest BCUT2D eigenvalue weighted by Crippen LogP contribution is 2.40. The molecule has 0 aliphatic heterocycles. The molecule has 0 unspecified atom stereocenters. The minimum absolute atomic E-state index is 0.176. The van der Waals surface area contributed by atoms with E-state index in [0.29, 0.717) is 24.6 Å². The second-order valence-corrected chi connectivity index (χ2v) is 6.67. The van der Waals surface area contributed by atoms with Crippen molar-refractivity contribution in [2.75, 3.05) is 27.2 Å². The van der Waals surface area contributed by atoms with Crippen LogP contribution in [0.15, 0.2) is 28.8 Å². The molecular formula is C18H21F2N3O2. The number of carbonyl (C=O) groups is 1. The van der Waals surface area contributed by atoms with E-state index in [4.69, 9.17) is 4.52 Å². The molecule has 2 aromatic rings. The molecule has 7 heteroatoms. The van der Waals surface area contributed by atoms with E-state index in [2.05, 4.69) is 5.16 Å². The van der Waals surface area contributed by atoms with Crippen LogP contribution in [0.1, 0.15) is 40.6 Å². The molecule has 134 valence electrons. The van der Waals surface area contributed by atoms with Gasteiger partial charge in [-0.1, -0.05) is 11.2 Å². The number of benzene rings is 1. The lowest BCUT2D eigenvalue weighted by molar-refractivity contribution is 0.0721. The van der Waals surface area contributed by atoms with Crippen LogP contribution in [0, 0.1) is 11.6 Å². The van der Waals surface area contributed by atoms with Crippen molar-refractivity contribution in [1.29, 1.82) is 0 Å². The number of carbonyl (C=O) groups excluding carboxylic acids is 1. The van der Waals surface area contributed by atoms with E-state index in [1.165, 1.54) is 6.07 Å². The summed E-state index contributed by atoms with van der Waals surface area (Å²) in [5, 5.41) is 3.88. The summed E-state index contributed by atoms with van der Waals surface area (Å²) in [6.07, 6.45) is 2.12. The maximum absolute atomic E-state index is 13.5. The number of hydrogen-bond acceptors (Lipinski definition) is 4. The first kappa shape index (κ1) is 17.5. The van der Waals surface area contributed by atoms with Gasteiger partial charge in [-0.15, -0.1) is 0 Å². The number of aromatic nitrogens is 1. The molecule has 1 aliphatic rings. The standard InChI is InChI=1S/C18H21F2N3O2/c1-22(2)7-8-23(11-12-3-6-14(19)15(20)9-12)18(24)16-10-17(25-21-16)13-4-5-13/h3,6,9-10,13H,4-5,7-8,11H2,1-2H3. The molecule has 0 bridgehead atoms. The van der Waals surface area contributed by atoms with Gasteiger partial charge in [0.2, 0.25) is 0 Å². The van der Waals surface area contributed by atoms with Gasteiger partial charge in [0.1, 0.15) is 5.76 Å². The lowest BCUT2D eigenvalue weighted by Crippen LogP contribution is -2.36. The van der Waals surface area contributed by atoms with Gasteiger partial charge in [-0.05, 0) is 44.6 Å². The third kappa shape index (κ3) is 4.42. The summed E-state index contributed by atoms with van der Waals surface area (Å²) in [5.74, 6) is -0.989. The fourth-order valence-corrected chi connectivity index (χ4v) is 2.54. The Labute approximate surface area is 145 Å². The van der Waals surface area contributed by atoms with Gasteiger partial charge in [0.15, 0.2) is 17.3 Å². The highest BCUT2D eigenvalue weighted by atomic mass is 19.2. The smallest absolute Gasteiger partial charge is 0.276 e. The Kier molecular flexibility index (Phi) is 5.13. The maximum atomic E-state index is 13.5. The number of nitrogens with zero attached hydrogens (tertiary/aromatic N) is 3.